The van der Waals surface area contributed by atoms with E-state index in [9.17, 15) is 5.11 Å². The van der Waals surface area contributed by atoms with Crippen molar-refractivity contribution in [2.24, 2.45) is 11.7 Å². The lowest BCUT2D eigenvalue weighted by Crippen LogP contribution is -2.15. The number of ether oxygens (including phenoxy) is 1. The Balaban J connectivity index is 2.15. The molecule has 0 aliphatic rings. The van der Waals surface area contributed by atoms with Crippen LogP contribution in [-0.2, 0) is 6.54 Å². The van der Waals surface area contributed by atoms with Crippen molar-refractivity contribution in [3.05, 3.63) is 11.8 Å². The van der Waals surface area contributed by atoms with Crippen LogP contribution in [0.15, 0.2) is 10.7 Å². The Kier molecular flexibility index (Phi) is 6.24. The highest BCUT2D eigenvalue weighted by molar-refractivity contribution is 5.86. The first kappa shape index (κ1) is 21.5. The maximum absolute atomic E-state index is 10.0. The highest BCUT2D eigenvalue weighted by Crippen LogP contribution is 2.30. The number of imidazole rings is 1. The lowest BCUT2D eigenvalue weighted by molar-refractivity contribution is 0.143. The molecule has 3 heterocycles. The molecule has 0 bridgehead atoms. The van der Waals surface area contributed by atoms with Gasteiger partial charge in [0.15, 0.2) is 17.3 Å². The Morgan fingerprint density at radius 1 is 1.33 bits per heavy atom. The number of anilines is 1. The molecule has 0 fully saturated rings. The Hall–Kier alpha value is -3.16. The van der Waals surface area contributed by atoms with Gasteiger partial charge in [0.1, 0.15) is 16.8 Å². The Labute approximate surface area is 174 Å². The highest BCUT2D eigenvalue weighted by Gasteiger charge is 2.21. The fourth-order valence-electron chi connectivity index (χ4n) is 2.92. The Bertz CT molecular complexity index is 1090. The largest absolute Gasteiger partial charge is 0.477 e. The van der Waals surface area contributed by atoms with Crippen LogP contribution >= 0.6 is 0 Å². The number of hydrogen-bond acceptors (Lipinski definition) is 9. The van der Waals surface area contributed by atoms with Crippen molar-refractivity contribution in [3.8, 4) is 29.2 Å². The van der Waals surface area contributed by atoms with Gasteiger partial charge in [0.25, 0.3) is 0 Å². The summed E-state index contributed by atoms with van der Waals surface area (Å²) in [5.41, 5.74) is 12.4. The van der Waals surface area contributed by atoms with Gasteiger partial charge in [-0.3, -0.25) is 0 Å². The molecule has 1 unspecified atom stereocenters. The van der Waals surface area contributed by atoms with Crippen LogP contribution in [-0.4, -0.2) is 48.7 Å². The second-order valence-electron chi connectivity index (χ2n) is 7.66. The number of nitrogens with zero attached hydrogens (tertiary/aromatic N) is 5. The van der Waals surface area contributed by atoms with Crippen LogP contribution in [0.5, 0.6) is 5.88 Å². The summed E-state index contributed by atoms with van der Waals surface area (Å²) in [6, 6.07) is 1.81. The van der Waals surface area contributed by atoms with Crippen molar-refractivity contribution in [1.82, 2.24) is 24.8 Å². The van der Waals surface area contributed by atoms with Gasteiger partial charge in [-0.2, -0.15) is 0 Å². The van der Waals surface area contributed by atoms with Crippen molar-refractivity contribution >= 4 is 16.9 Å². The van der Waals surface area contributed by atoms with Gasteiger partial charge in [0, 0.05) is 12.6 Å². The minimum atomic E-state index is -1.18. The standard InChI is InChI=1S/C20H27N7O3/c1-5-27-14-10-15(29-11-12(2)7-9-21)23-13(6-8-20(3,4)28)16(14)24-19(27)17-18(22)26-30-25-17/h10,12,28H,5,7,9,11,21H2,1-4H3,(H2,22,26). The average Bonchev–Trinajstić information content (AvgIpc) is 3.26. The maximum Gasteiger partial charge on any atom is 0.216 e. The molecule has 160 valence electrons. The van der Waals surface area contributed by atoms with Gasteiger partial charge in [-0.05, 0) is 55.9 Å². The van der Waals surface area contributed by atoms with E-state index in [1.54, 1.807) is 13.8 Å². The fraction of sp³-hybridized carbons (Fsp3) is 0.500. The smallest absolute Gasteiger partial charge is 0.216 e. The third kappa shape index (κ3) is 4.69. The SMILES string of the molecule is CCn1c(-c2nonc2N)nc2c(C#CC(C)(C)O)nc(OCC(C)CCN)cc21. The number of nitrogens with two attached hydrogens (primary N) is 2. The third-order valence-electron chi connectivity index (χ3n) is 4.42. The highest BCUT2D eigenvalue weighted by atomic mass is 16.6. The summed E-state index contributed by atoms with van der Waals surface area (Å²) < 4.78 is 12.6. The minimum absolute atomic E-state index is 0.143. The normalized spacial score (nSPS) is 12.6. The second kappa shape index (κ2) is 8.69. The summed E-state index contributed by atoms with van der Waals surface area (Å²) in [5, 5.41) is 17.5. The number of nitrogen functional groups attached to an aromatic ring is 1. The molecule has 0 saturated heterocycles. The van der Waals surface area contributed by atoms with E-state index in [1.165, 1.54) is 0 Å². The number of aliphatic hydroxyl groups is 1. The molecule has 3 aromatic heterocycles. The van der Waals surface area contributed by atoms with Crippen LogP contribution in [0, 0.1) is 17.8 Å². The van der Waals surface area contributed by atoms with E-state index >= 15 is 0 Å². The minimum Gasteiger partial charge on any atom is -0.477 e. The molecule has 0 radical (unpaired) electrons. The van der Waals surface area contributed by atoms with E-state index < -0.39 is 5.60 Å². The van der Waals surface area contributed by atoms with Crippen LogP contribution in [0.1, 0.15) is 39.8 Å². The number of pyridine rings is 1. The molecule has 0 spiro atoms. The first-order chi connectivity index (χ1) is 14.2. The summed E-state index contributed by atoms with van der Waals surface area (Å²) in [4.78, 5) is 9.18. The molecule has 0 amide bonds. The average molecular weight is 413 g/mol. The van der Waals surface area contributed by atoms with Crippen molar-refractivity contribution < 1.29 is 14.5 Å². The summed E-state index contributed by atoms with van der Waals surface area (Å²) in [7, 11) is 0. The lowest BCUT2D eigenvalue weighted by atomic mass is 10.1. The maximum atomic E-state index is 10.0. The van der Waals surface area contributed by atoms with E-state index in [4.69, 9.17) is 20.8 Å². The summed E-state index contributed by atoms with van der Waals surface area (Å²) in [6.07, 6.45) is 0.850. The van der Waals surface area contributed by atoms with E-state index in [0.29, 0.717) is 48.3 Å². The van der Waals surface area contributed by atoms with Gasteiger partial charge in [-0.15, -0.1) is 0 Å². The van der Waals surface area contributed by atoms with Crippen molar-refractivity contribution in [2.45, 2.75) is 46.3 Å². The molecule has 3 aromatic rings. The van der Waals surface area contributed by atoms with Crippen LogP contribution < -0.4 is 16.2 Å². The molecule has 0 aromatic carbocycles. The van der Waals surface area contributed by atoms with Gasteiger partial charge in [-0.25, -0.2) is 14.6 Å². The summed E-state index contributed by atoms with van der Waals surface area (Å²) >= 11 is 0. The van der Waals surface area contributed by atoms with Crippen molar-refractivity contribution in [2.75, 3.05) is 18.9 Å². The van der Waals surface area contributed by atoms with E-state index in [-0.39, 0.29) is 11.7 Å². The first-order valence-corrected chi connectivity index (χ1v) is 9.81. The number of rotatable bonds is 7. The zero-order valence-corrected chi connectivity index (χ0v) is 17.6. The van der Waals surface area contributed by atoms with Crippen LogP contribution in [0.4, 0.5) is 5.82 Å². The predicted octanol–water partition coefficient (Wildman–Crippen LogP) is 1.57. The lowest BCUT2D eigenvalue weighted by Gasteiger charge is -2.12. The molecule has 10 nitrogen and oxygen atoms in total. The predicted molar refractivity (Wildman–Crippen MR) is 112 cm³/mol. The quantitative estimate of drug-likeness (QED) is 0.490. The fourth-order valence-corrected chi connectivity index (χ4v) is 2.92. The molecule has 0 aliphatic heterocycles. The second-order valence-corrected chi connectivity index (χ2v) is 7.66. The van der Waals surface area contributed by atoms with Crippen LogP contribution in [0.3, 0.4) is 0 Å². The van der Waals surface area contributed by atoms with Gasteiger partial charge < -0.3 is 25.9 Å². The molecule has 1 atom stereocenters. The molecule has 5 N–H and O–H groups in total. The molecule has 30 heavy (non-hydrogen) atoms. The summed E-state index contributed by atoms with van der Waals surface area (Å²) in [5.74, 6) is 7.05. The molecule has 0 aliphatic carbocycles. The number of fused-ring (bicyclic) bond motifs is 1. The summed E-state index contributed by atoms with van der Waals surface area (Å²) in [6.45, 7) is 8.90. The topological polar surface area (TPSA) is 151 Å². The van der Waals surface area contributed by atoms with Gasteiger partial charge in [0.05, 0.1) is 12.1 Å². The Morgan fingerprint density at radius 2 is 2.10 bits per heavy atom. The molecule has 3 rings (SSSR count). The van der Waals surface area contributed by atoms with E-state index in [1.807, 2.05) is 17.6 Å². The van der Waals surface area contributed by atoms with Gasteiger partial charge in [-0.1, -0.05) is 12.8 Å². The van der Waals surface area contributed by atoms with Gasteiger partial charge in [0.2, 0.25) is 5.88 Å². The third-order valence-corrected chi connectivity index (χ3v) is 4.42. The molecule has 10 heteroatoms. The van der Waals surface area contributed by atoms with Crippen molar-refractivity contribution in [1.29, 1.82) is 0 Å². The van der Waals surface area contributed by atoms with Crippen molar-refractivity contribution in [3.63, 3.8) is 0 Å². The van der Waals surface area contributed by atoms with Crippen LogP contribution in [0.25, 0.3) is 22.6 Å². The monoisotopic (exact) mass is 413 g/mol. The van der Waals surface area contributed by atoms with E-state index in [2.05, 4.69) is 39.0 Å². The molecular formula is C20H27N7O3. The van der Waals surface area contributed by atoms with Gasteiger partial charge >= 0.3 is 0 Å². The zero-order chi connectivity index (χ0) is 21.9. The number of aromatic nitrogens is 5. The van der Waals surface area contributed by atoms with E-state index in [0.717, 1.165) is 11.9 Å². The molecular weight excluding hydrogens is 386 g/mol. The first-order valence-electron chi connectivity index (χ1n) is 9.81. The Morgan fingerprint density at radius 3 is 2.70 bits per heavy atom. The number of aryl methyl sites for hydroxylation is 1. The zero-order valence-electron chi connectivity index (χ0n) is 17.6. The molecule has 0 saturated carbocycles. The van der Waals surface area contributed by atoms with Crippen LogP contribution in [0.2, 0.25) is 0 Å². The number of hydrogen-bond donors (Lipinski definition) is 3.